The first kappa shape index (κ1) is 18.2. The molecule has 23 heavy (non-hydrogen) atoms. The summed E-state index contributed by atoms with van der Waals surface area (Å²) < 4.78 is 0. The van der Waals surface area contributed by atoms with E-state index in [9.17, 15) is 9.90 Å². The molecule has 0 bridgehead atoms. The highest BCUT2D eigenvalue weighted by Crippen LogP contribution is 2.26. The van der Waals surface area contributed by atoms with Gasteiger partial charge in [-0.15, -0.1) is 0 Å². The fourth-order valence-electron chi connectivity index (χ4n) is 3.13. The highest BCUT2D eigenvalue weighted by Gasteiger charge is 2.29. The molecule has 0 heterocycles. The van der Waals surface area contributed by atoms with Crippen LogP contribution in [0.1, 0.15) is 44.7 Å². The van der Waals surface area contributed by atoms with Gasteiger partial charge in [-0.05, 0) is 57.4 Å². The number of hydrogen-bond donors (Lipinski definition) is 2. The minimum absolute atomic E-state index is 0.00226. The van der Waals surface area contributed by atoms with Crippen molar-refractivity contribution in [2.75, 3.05) is 13.6 Å². The van der Waals surface area contributed by atoms with Gasteiger partial charge in [0.25, 0.3) is 0 Å². The Bertz CT molecular complexity index is 520. The average molecular weight is 339 g/mol. The van der Waals surface area contributed by atoms with Crippen molar-refractivity contribution in [3.63, 3.8) is 0 Å². The molecule has 0 saturated heterocycles. The van der Waals surface area contributed by atoms with Crippen molar-refractivity contribution in [1.82, 2.24) is 10.2 Å². The zero-order chi connectivity index (χ0) is 17.0. The third-order valence-corrected chi connectivity index (χ3v) is 5.16. The predicted molar refractivity (Wildman–Crippen MR) is 93.4 cm³/mol. The van der Waals surface area contributed by atoms with E-state index in [1.165, 1.54) is 0 Å². The van der Waals surface area contributed by atoms with Gasteiger partial charge in [-0.3, -0.25) is 9.69 Å². The van der Waals surface area contributed by atoms with Crippen molar-refractivity contribution >= 4 is 17.5 Å². The summed E-state index contributed by atoms with van der Waals surface area (Å²) in [5.74, 6) is 0.284. The van der Waals surface area contributed by atoms with Crippen LogP contribution in [0.3, 0.4) is 0 Å². The first-order valence-electron chi connectivity index (χ1n) is 8.32. The molecular weight excluding hydrogens is 312 g/mol. The maximum Gasteiger partial charge on any atom is 0.237 e. The van der Waals surface area contributed by atoms with Crippen LogP contribution in [-0.2, 0) is 4.79 Å². The number of nitrogens with one attached hydrogen (secondary N) is 1. The summed E-state index contributed by atoms with van der Waals surface area (Å²) in [4.78, 5) is 14.5. The number of benzene rings is 1. The van der Waals surface area contributed by atoms with Crippen LogP contribution in [0.5, 0.6) is 0 Å². The van der Waals surface area contributed by atoms with Crippen LogP contribution < -0.4 is 5.32 Å². The Morgan fingerprint density at radius 1 is 1.35 bits per heavy atom. The smallest absolute Gasteiger partial charge is 0.237 e. The van der Waals surface area contributed by atoms with Gasteiger partial charge in [-0.25, -0.2) is 0 Å². The minimum Gasteiger partial charge on any atom is -0.393 e. The number of aliphatic hydroxyl groups is 1. The van der Waals surface area contributed by atoms with Crippen LogP contribution in [0, 0.1) is 5.92 Å². The molecule has 4 nitrogen and oxygen atoms in total. The normalized spacial score (nSPS) is 23.7. The van der Waals surface area contributed by atoms with Crippen molar-refractivity contribution in [2.45, 2.75) is 51.3 Å². The lowest BCUT2D eigenvalue weighted by atomic mass is 10.0. The third kappa shape index (κ3) is 4.93. The van der Waals surface area contributed by atoms with E-state index < -0.39 is 0 Å². The molecule has 1 amide bonds. The Kier molecular flexibility index (Phi) is 6.45. The SMILES string of the molecule is CC(NC(=O)C(C)N(C)CC1CCCC1O)c1ccc(Cl)cc1. The molecule has 2 N–H and O–H groups in total. The Labute approximate surface area is 143 Å². The molecule has 0 aliphatic heterocycles. The average Bonchev–Trinajstić information content (AvgIpc) is 2.92. The van der Waals surface area contributed by atoms with Crippen LogP contribution >= 0.6 is 11.6 Å². The lowest BCUT2D eigenvalue weighted by Crippen LogP contribution is -2.46. The summed E-state index contributed by atoms with van der Waals surface area (Å²) in [6.45, 7) is 4.63. The molecule has 1 fully saturated rings. The van der Waals surface area contributed by atoms with Gasteiger partial charge in [-0.1, -0.05) is 30.2 Å². The number of hydrogen-bond acceptors (Lipinski definition) is 3. The molecule has 1 aromatic rings. The van der Waals surface area contributed by atoms with Gasteiger partial charge >= 0.3 is 0 Å². The van der Waals surface area contributed by atoms with E-state index in [4.69, 9.17) is 11.6 Å². The molecule has 0 spiro atoms. The number of amides is 1. The van der Waals surface area contributed by atoms with Gasteiger partial charge in [0.15, 0.2) is 0 Å². The van der Waals surface area contributed by atoms with E-state index in [-0.39, 0.29) is 30.0 Å². The Morgan fingerprint density at radius 2 is 2.00 bits per heavy atom. The molecule has 1 aromatic carbocycles. The van der Waals surface area contributed by atoms with Crippen molar-refractivity contribution in [2.24, 2.45) is 5.92 Å². The van der Waals surface area contributed by atoms with Crippen molar-refractivity contribution in [3.8, 4) is 0 Å². The second-order valence-electron chi connectivity index (χ2n) is 6.66. The Hall–Kier alpha value is -1.10. The number of rotatable bonds is 6. The second kappa shape index (κ2) is 8.13. The van der Waals surface area contributed by atoms with Gasteiger partial charge in [-0.2, -0.15) is 0 Å². The lowest BCUT2D eigenvalue weighted by Gasteiger charge is -2.29. The molecule has 2 rings (SSSR count). The molecule has 1 aliphatic carbocycles. The molecule has 0 radical (unpaired) electrons. The number of aliphatic hydroxyl groups excluding tert-OH is 1. The highest BCUT2D eigenvalue weighted by atomic mass is 35.5. The summed E-state index contributed by atoms with van der Waals surface area (Å²) in [6.07, 6.45) is 2.78. The van der Waals surface area contributed by atoms with Crippen LogP contribution in [-0.4, -0.2) is 41.7 Å². The molecule has 128 valence electrons. The summed E-state index contributed by atoms with van der Waals surface area (Å²) in [5, 5.41) is 13.7. The molecule has 4 unspecified atom stereocenters. The highest BCUT2D eigenvalue weighted by molar-refractivity contribution is 6.30. The van der Waals surface area contributed by atoms with Crippen molar-refractivity contribution in [3.05, 3.63) is 34.9 Å². The summed E-state index contributed by atoms with van der Waals surface area (Å²) in [7, 11) is 1.95. The molecule has 1 saturated carbocycles. The van der Waals surface area contributed by atoms with Crippen molar-refractivity contribution < 1.29 is 9.90 Å². The topological polar surface area (TPSA) is 52.6 Å². The maximum atomic E-state index is 12.4. The van der Waals surface area contributed by atoms with Gasteiger partial charge in [0.2, 0.25) is 5.91 Å². The maximum absolute atomic E-state index is 12.4. The fraction of sp³-hybridized carbons (Fsp3) is 0.611. The quantitative estimate of drug-likeness (QED) is 0.838. The van der Waals surface area contributed by atoms with E-state index in [1.807, 2.05) is 50.1 Å². The number of nitrogens with zero attached hydrogens (tertiary/aromatic N) is 1. The van der Waals surface area contributed by atoms with Crippen LogP contribution in [0.2, 0.25) is 5.02 Å². The Morgan fingerprint density at radius 3 is 2.57 bits per heavy atom. The number of likely N-dealkylation sites (N-methyl/N-ethyl adjacent to an activating group) is 1. The van der Waals surface area contributed by atoms with Gasteiger partial charge < -0.3 is 10.4 Å². The molecular formula is C18H27ClN2O2. The molecule has 5 heteroatoms. The first-order valence-corrected chi connectivity index (χ1v) is 8.70. The lowest BCUT2D eigenvalue weighted by molar-refractivity contribution is -0.126. The summed E-state index contributed by atoms with van der Waals surface area (Å²) in [5.41, 5.74) is 1.03. The van der Waals surface area contributed by atoms with Crippen LogP contribution in [0.4, 0.5) is 0 Å². The van der Waals surface area contributed by atoms with E-state index in [0.717, 1.165) is 31.4 Å². The van der Waals surface area contributed by atoms with E-state index in [1.54, 1.807) is 0 Å². The summed E-state index contributed by atoms with van der Waals surface area (Å²) >= 11 is 5.89. The third-order valence-electron chi connectivity index (χ3n) is 4.91. The zero-order valence-electron chi connectivity index (χ0n) is 14.1. The van der Waals surface area contributed by atoms with E-state index in [2.05, 4.69) is 5.32 Å². The molecule has 0 aromatic heterocycles. The monoisotopic (exact) mass is 338 g/mol. The Balaban J connectivity index is 1.87. The first-order chi connectivity index (χ1) is 10.9. The minimum atomic E-state index is -0.224. The van der Waals surface area contributed by atoms with Gasteiger partial charge in [0.05, 0.1) is 18.2 Å². The predicted octanol–water partition coefficient (Wildman–Crippen LogP) is 3.00. The fourth-order valence-corrected chi connectivity index (χ4v) is 3.25. The summed E-state index contributed by atoms with van der Waals surface area (Å²) in [6, 6.07) is 7.23. The number of carbonyl (C=O) groups excluding carboxylic acids is 1. The van der Waals surface area contributed by atoms with Crippen LogP contribution in [0.15, 0.2) is 24.3 Å². The van der Waals surface area contributed by atoms with E-state index >= 15 is 0 Å². The number of carbonyl (C=O) groups is 1. The van der Waals surface area contributed by atoms with Crippen LogP contribution in [0.25, 0.3) is 0 Å². The largest absolute Gasteiger partial charge is 0.393 e. The second-order valence-corrected chi connectivity index (χ2v) is 7.09. The zero-order valence-corrected chi connectivity index (χ0v) is 14.9. The van der Waals surface area contributed by atoms with Gasteiger partial charge in [0, 0.05) is 11.6 Å². The molecule has 1 aliphatic rings. The molecule has 4 atom stereocenters. The number of halogens is 1. The van der Waals surface area contributed by atoms with Crippen molar-refractivity contribution in [1.29, 1.82) is 0 Å². The standard InChI is InChI=1S/C18H27ClN2O2/c1-12(14-7-9-16(19)10-8-14)20-18(23)13(2)21(3)11-15-5-4-6-17(15)22/h7-10,12-13,15,17,22H,4-6,11H2,1-3H3,(H,20,23). The van der Waals surface area contributed by atoms with Gasteiger partial charge in [0.1, 0.15) is 0 Å². The van der Waals surface area contributed by atoms with E-state index in [0.29, 0.717) is 5.02 Å².